The van der Waals surface area contributed by atoms with Gasteiger partial charge in [-0.05, 0) is 142 Å². The molecule has 17 nitrogen and oxygen atoms in total. The van der Waals surface area contributed by atoms with Crippen LogP contribution in [-0.4, -0.2) is 138 Å². The minimum absolute atomic E-state index is 0.0114. The van der Waals surface area contributed by atoms with Crippen LogP contribution in [0.25, 0.3) is 0 Å². The van der Waals surface area contributed by atoms with Crippen LogP contribution in [0.1, 0.15) is 87.7 Å². The van der Waals surface area contributed by atoms with Crippen LogP contribution in [0.3, 0.4) is 0 Å². The lowest BCUT2D eigenvalue weighted by Gasteiger charge is -2.34. The largest absolute Gasteiger partial charge is 0.493 e. The molecule has 0 saturated carbocycles. The number of rotatable bonds is 28. The summed E-state index contributed by atoms with van der Waals surface area (Å²) in [6.45, 7) is 10.8. The average molecular weight is 1160 g/mol. The van der Waals surface area contributed by atoms with Gasteiger partial charge in [0, 0.05) is 78.1 Å². The number of benzene rings is 5. The fourth-order valence-corrected chi connectivity index (χ4v) is 14.4. The van der Waals surface area contributed by atoms with E-state index in [2.05, 4.69) is 41.9 Å². The second-order valence-corrected chi connectivity index (χ2v) is 25.8. The van der Waals surface area contributed by atoms with Crippen molar-refractivity contribution in [1.29, 1.82) is 0 Å². The summed E-state index contributed by atoms with van der Waals surface area (Å²) in [6.07, 6.45) is 6.25. The fourth-order valence-electron chi connectivity index (χ4n) is 10.9. The Hall–Kier alpha value is -6.26. The Bertz CT molecular complexity index is 3280. The van der Waals surface area contributed by atoms with E-state index >= 15 is 0 Å². The molecule has 2 amide bonds. The van der Waals surface area contributed by atoms with Crippen molar-refractivity contribution in [1.82, 2.24) is 0 Å². The molecule has 0 fully saturated rings. The molecule has 0 aromatic heterocycles. The van der Waals surface area contributed by atoms with Gasteiger partial charge in [0.2, 0.25) is 0 Å². The van der Waals surface area contributed by atoms with Crippen LogP contribution in [-0.2, 0) is 61.6 Å². The number of carbonyl (C=O) groups excluding carboxylic acids is 3. The number of hydrogen-bond acceptors (Lipinski definition) is 16. The summed E-state index contributed by atoms with van der Waals surface area (Å²) in [5, 5.41) is -1.57. The third kappa shape index (κ3) is 14.3. The highest BCUT2D eigenvalue weighted by atomic mass is 33.1. The van der Waals surface area contributed by atoms with E-state index in [1.165, 1.54) is 22.6 Å². The molecule has 4 heterocycles. The molecule has 5 aromatic carbocycles. The molecule has 3 atom stereocenters. The number of nitrogens with zero attached hydrogens (tertiary/aromatic N) is 5. The summed E-state index contributed by atoms with van der Waals surface area (Å²) in [7, 11) is 1.52. The molecular formula is C61H71N5O12S3. The molecule has 9 rings (SSSR count). The molecule has 0 saturated heterocycles. The van der Waals surface area contributed by atoms with Gasteiger partial charge in [0.1, 0.15) is 24.2 Å². The highest BCUT2D eigenvalue weighted by Crippen LogP contribution is 2.43. The Labute approximate surface area is 482 Å². The van der Waals surface area contributed by atoms with E-state index in [4.69, 9.17) is 33.4 Å². The van der Waals surface area contributed by atoms with E-state index in [0.717, 1.165) is 64.1 Å². The van der Waals surface area contributed by atoms with Crippen molar-refractivity contribution in [3.05, 3.63) is 136 Å². The topological polar surface area (TPSA) is 195 Å². The summed E-state index contributed by atoms with van der Waals surface area (Å²) < 4.78 is 70.3. The lowest BCUT2D eigenvalue weighted by molar-refractivity contribution is -0.117. The van der Waals surface area contributed by atoms with Gasteiger partial charge in [-0.2, -0.15) is 8.42 Å². The minimum atomic E-state index is -4.63. The maximum atomic E-state index is 14.3. The van der Waals surface area contributed by atoms with Crippen molar-refractivity contribution in [2.24, 2.45) is 9.98 Å². The minimum Gasteiger partial charge on any atom is -0.493 e. The quantitative estimate of drug-likeness (QED) is 0.0215. The molecule has 4 aliphatic rings. The normalized spacial score (nSPS) is 16.7. The van der Waals surface area contributed by atoms with E-state index in [1.807, 2.05) is 78.7 Å². The summed E-state index contributed by atoms with van der Waals surface area (Å²) in [4.78, 5) is 56.0. The van der Waals surface area contributed by atoms with Crippen LogP contribution >= 0.6 is 21.6 Å². The van der Waals surface area contributed by atoms with E-state index in [9.17, 15) is 27.4 Å². The molecule has 0 aliphatic carbocycles. The lowest BCUT2D eigenvalue weighted by Crippen LogP contribution is -2.38. The van der Waals surface area contributed by atoms with Gasteiger partial charge >= 0.3 is 0 Å². The summed E-state index contributed by atoms with van der Waals surface area (Å²) >= 11 is 0. The number of hydrogen-bond donors (Lipinski definition) is 1. The maximum absolute atomic E-state index is 14.3. The summed E-state index contributed by atoms with van der Waals surface area (Å²) in [6, 6.07) is 29.6. The predicted octanol–water partition coefficient (Wildman–Crippen LogP) is 9.92. The molecule has 0 spiro atoms. The second-order valence-electron chi connectivity index (χ2n) is 21.1. The van der Waals surface area contributed by atoms with Crippen LogP contribution in [0.2, 0.25) is 0 Å². The van der Waals surface area contributed by atoms with Crippen LogP contribution in [0, 0.1) is 6.92 Å². The highest BCUT2D eigenvalue weighted by Gasteiger charge is 2.39. The van der Waals surface area contributed by atoms with E-state index in [1.54, 1.807) is 49.0 Å². The van der Waals surface area contributed by atoms with Crippen molar-refractivity contribution >= 4 is 84.5 Å². The summed E-state index contributed by atoms with van der Waals surface area (Å²) in [5.41, 5.74) is 10.1. The molecule has 1 unspecified atom stereocenters. The first-order chi connectivity index (χ1) is 39.0. The van der Waals surface area contributed by atoms with E-state index in [0.29, 0.717) is 86.6 Å². The van der Waals surface area contributed by atoms with Gasteiger partial charge in [0.05, 0.1) is 64.0 Å². The summed E-state index contributed by atoms with van der Waals surface area (Å²) in [5.74, 6) is 0.944. The molecule has 81 heavy (non-hydrogen) atoms. The molecule has 20 heteroatoms. The highest BCUT2D eigenvalue weighted by molar-refractivity contribution is 8.77. The fraction of sp³-hybridized carbons (Fsp3) is 0.426. The Morgan fingerprint density at radius 2 is 1.49 bits per heavy atom. The smallest absolute Gasteiger partial charge is 0.275 e. The molecule has 1 N–H and O–H groups in total. The number of fused-ring (bicyclic) bond motifs is 8. The number of anilines is 3. The number of ketones is 1. The average Bonchev–Trinajstić information content (AvgIpc) is 3.64. The van der Waals surface area contributed by atoms with Crippen LogP contribution < -0.4 is 28.9 Å². The number of ether oxygens (including phenoxy) is 6. The predicted molar refractivity (Wildman–Crippen MR) is 321 cm³/mol. The number of para-hydroxylation sites is 2. The SMILES string of the molecule is CC=NCC(=O)C(CCSSC(C)(C)CN(CCOCCOCCOC)c1cc(COc2cc3c(cc2C)C(=O)N2c4ccccc4C[C@H]2CC3)cc(COc2cc3c(cc2OC)C(=O)N2c4ccccc4C[C@H]2C=N3)c1)S(=O)(=O)O. The first-order valence-corrected chi connectivity index (χ1v) is 31.1. The van der Waals surface area contributed by atoms with E-state index < -0.39 is 25.9 Å². The molecule has 5 aromatic rings. The zero-order valence-electron chi connectivity index (χ0n) is 46.8. The number of Topliss-reactive ketones (excluding diaryl/α,β-unsaturated/α-hetero) is 1. The van der Waals surface area contributed by atoms with Gasteiger partial charge in [-0.3, -0.25) is 33.8 Å². The molecule has 430 valence electrons. The Morgan fingerprint density at radius 1 is 0.827 bits per heavy atom. The number of aryl methyl sites for hydroxylation is 2. The van der Waals surface area contributed by atoms with Crippen molar-refractivity contribution in [3.63, 3.8) is 0 Å². The van der Waals surface area contributed by atoms with Crippen LogP contribution in [0.5, 0.6) is 17.2 Å². The van der Waals surface area contributed by atoms with Gasteiger partial charge in [-0.15, -0.1) is 0 Å². The maximum Gasteiger partial charge on any atom is 0.275 e. The van der Waals surface area contributed by atoms with E-state index in [-0.39, 0.29) is 55.8 Å². The zero-order valence-corrected chi connectivity index (χ0v) is 49.2. The molecule has 0 radical (unpaired) electrons. The van der Waals surface area contributed by atoms with Gasteiger partial charge in [0.15, 0.2) is 17.3 Å². The van der Waals surface area contributed by atoms with Gasteiger partial charge in [-0.1, -0.05) is 58.0 Å². The Morgan fingerprint density at radius 3 is 2.20 bits per heavy atom. The Balaban J connectivity index is 0.993. The number of amides is 2. The number of carbonyl (C=O) groups is 3. The van der Waals surface area contributed by atoms with Gasteiger partial charge in [-0.25, -0.2) is 0 Å². The van der Waals surface area contributed by atoms with Crippen molar-refractivity contribution in [3.8, 4) is 17.2 Å². The molecular weight excluding hydrogens is 1090 g/mol. The first-order valence-electron chi connectivity index (χ1n) is 27.3. The van der Waals surface area contributed by atoms with Crippen LogP contribution in [0.4, 0.5) is 22.7 Å². The number of aliphatic imine (C=N–C) groups is 2. The van der Waals surface area contributed by atoms with Gasteiger partial charge in [0.25, 0.3) is 21.9 Å². The Kier molecular flexibility index (Phi) is 19.6. The third-order valence-corrected chi connectivity index (χ3v) is 19.3. The monoisotopic (exact) mass is 1160 g/mol. The van der Waals surface area contributed by atoms with Crippen molar-refractivity contribution in [2.45, 2.75) is 95.1 Å². The first kappa shape index (κ1) is 59.4. The van der Waals surface area contributed by atoms with Crippen molar-refractivity contribution < 1.29 is 55.8 Å². The number of methoxy groups -OCH3 is 2. The standard InChI is InChI=1S/C61H71N5O12S3/c1-7-62-36-54(67)58(81(70,71)72)18-25-79-80-61(3,4)39-64(19-20-75-23-24-76-22-21-73-5)47-28-41(37-77-55-32-43-16-17-46-30-44-12-8-10-14-52(44)65(46)59(68)49(43)26-40(55)2)27-42(29-47)38-78-57-34-51-50(33-56(57)74-6)60(69)66-48(35-63-51)31-45-13-9-11-15-53(45)66/h7-15,26-29,32-35,46,48,58H,16-25,30-31,36-39H2,1-6H3,(H,70,71,72)/t46-,48+,58?/m1/s1. The lowest BCUT2D eigenvalue weighted by atomic mass is 9.98. The third-order valence-electron chi connectivity index (χ3n) is 14.8. The van der Waals surface area contributed by atoms with Gasteiger partial charge < -0.3 is 38.2 Å². The zero-order chi connectivity index (χ0) is 57.3. The molecule has 4 aliphatic heterocycles. The molecule has 0 bridgehead atoms. The van der Waals surface area contributed by atoms with Crippen LogP contribution in [0.15, 0.2) is 101 Å². The second kappa shape index (κ2) is 26.8. The van der Waals surface area contributed by atoms with Crippen molar-refractivity contribution in [2.75, 3.05) is 87.3 Å².